The Morgan fingerprint density at radius 1 is 1.12 bits per heavy atom. The van der Waals surface area contributed by atoms with Gasteiger partial charge in [-0.15, -0.1) is 0 Å². The molecule has 0 bridgehead atoms. The molecule has 3 rings (SSSR count). The van der Waals surface area contributed by atoms with Crippen molar-refractivity contribution < 1.29 is 9.84 Å². The normalized spacial score (nSPS) is 13.5. The molecule has 5 heteroatoms. The van der Waals surface area contributed by atoms with E-state index in [0.717, 1.165) is 28.6 Å². The first-order valence-electron chi connectivity index (χ1n) is 8.72. The minimum atomic E-state index is -0.607. The number of methoxy groups -OCH3 is 1. The molecule has 0 aliphatic carbocycles. The fourth-order valence-electron chi connectivity index (χ4n) is 3.00. The van der Waals surface area contributed by atoms with Crippen molar-refractivity contribution in [2.75, 3.05) is 13.7 Å². The number of hydrogen-bond acceptors (Lipinski definition) is 4. The van der Waals surface area contributed by atoms with Gasteiger partial charge >= 0.3 is 0 Å². The van der Waals surface area contributed by atoms with Crippen molar-refractivity contribution in [2.45, 2.75) is 25.5 Å². The van der Waals surface area contributed by atoms with Crippen molar-refractivity contribution in [1.82, 2.24) is 10.3 Å². The van der Waals surface area contributed by atoms with E-state index < -0.39 is 6.10 Å². The predicted octanol–water partition coefficient (Wildman–Crippen LogP) is 2.79. The third-order valence-corrected chi connectivity index (χ3v) is 4.49. The number of benzene rings is 2. The van der Waals surface area contributed by atoms with Gasteiger partial charge < -0.3 is 20.1 Å². The standard InChI is InChI=1S/C21H24N2O3/c1-14(11-15-3-7-18(26-2)8-4-15)22-13-20(24)17-5-9-19-16(12-17)6-10-21(25)23-19/h3-10,12,14,20,22,24H,11,13H2,1-2H3,(H,23,25). The topological polar surface area (TPSA) is 74.3 Å². The Morgan fingerprint density at radius 2 is 1.88 bits per heavy atom. The second kappa shape index (κ2) is 8.17. The molecule has 2 aromatic carbocycles. The van der Waals surface area contributed by atoms with E-state index in [0.29, 0.717) is 6.54 Å². The zero-order valence-electron chi connectivity index (χ0n) is 15.0. The average Bonchev–Trinajstić information content (AvgIpc) is 2.66. The van der Waals surface area contributed by atoms with Crippen LogP contribution >= 0.6 is 0 Å². The quantitative estimate of drug-likeness (QED) is 0.611. The number of aliphatic hydroxyl groups is 1. The van der Waals surface area contributed by atoms with Gasteiger partial charge in [-0.2, -0.15) is 0 Å². The highest BCUT2D eigenvalue weighted by Crippen LogP contribution is 2.18. The van der Waals surface area contributed by atoms with Crippen LogP contribution in [0.25, 0.3) is 10.9 Å². The highest BCUT2D eigenvalue weighted by atomic mass is 16.5. The number of aliphatic hydroxyl groups excluding tert-OH is 1. The number of H-pyrrole nitrogens is 1. The maximum Gasteiger partial charge on any atom is 0.248 e. The van der Waals surface area contributed by atoms with Crippen LogP contribution in [0, 0.1) is 0 Å². The van der Waals surface area contributed by atoms with Crippen molar-refractivity contribution in [1.29, 1.82) is 0 Å². The lowest BCUT2D eigenvalue weighted by atomic mass is 10.0. The van der Waals surface area contributed by atoms with E-state index in [4.69, 9.17) is 4.74 Å². The second-order valence-corrected chi connectivity index (χ2v) is 6.55. The first-order valence-corrected chi connectivity index (χ1v) is 8.72. The number of ether oxygens (including phenoxy) is 1. The molecule has 2 unspecified atom stereocenters. The molecule has 0 spiro atoms. The lowest BCUT2D eigenvalue weighted by molar-refractivity contribution is 0.171. The molecule has 0 amide bonds. The number of pyridine rings is 1. The van der Waals surface area contributed by atoms with Crippen molar-refractivity contribution in [2.24, 2.45) is 0 Å². The van der Waals surface area contributed by atoms with Gasteiger partial charge in [0.1, 0.15) is 5.75 Å². The number of aromatic nitrogens is 1. The van der Waals surface area contributed by atoms with E-state index >= 15 is 0 Å². The smallest absolute Gasteiger partial charge is 0.248 e. The summed E-state index contributed by atoms with van der Waals surface area (Å²) >= 11 is 0. The van der Waals surface area contributed by atoms with Gasteiger partial charge in [0, 0.05) is 24.2 Å². The third kappa shape index (κ3) is 4.50. The summed E-state index contributed by atoms with van der Waals surface area (Å²) in [5.74, 6) is 0.849. The molecule has 0 fully saturated rings. The summed E-state index contributed by atoms with van der Waals surface area (Å²) < 4.78 is 5.17. The summed E-state index contributed by atoms with van der Waals surface area (Å²) in [6.07, 6.45) is 0.264. The van der Waals surface area contributed by atoms with Crippen LogP contribution in [-0.4, -0.2) is 29.8 Å². The molecule has 0 radical (unpaired) electrons. The van der Waals surface area contributed by atoms with Crippen molar-refractivity contribution in [3.05, 3.63) is 76.1 Å². The number of hydrogen-bond donors (Lipinski definition) is 3. The fraction of sp³-hybridized carbons (Fsp3) is 0.286. The Bertz CT molecular complexity index is 918. The molecule has 26 heavy (non-hydrogen) atoms. The van der Waals surface area contributed by atoms with Crippen molar-refractivity contribution >= 4 is 10.9 Å². The molecule has 0 saturated carbocycles. The largest absolute Gasteiger partial charge is 0.497 e. The predicted molar refractivity (Wildman–Crippen MR) is 104 cm³/mol. The molecule has 1 aromatic heterocycles. The third-order valence-electron chi connectivity index (χ3n) is 4.49. The van der Waals surface area contributed by atoms with E-state index in [9.17, 15) is 9.90 Å². The lowest BCUT2D eigenvalue weighted by Crippen LogP contribution is -2.32. The van der Waals surface area contributed by atoms with E-state index in [1.165, 1.54) is 11.6 Å². The molecule has 3 aromatic rings. The zero-order chi connectivity index (χ0) is 18.5. The summed E-state index contributed by atoms with van der Waals surface area (Å²) in [5.41, 5.74) is 2.69. The molecule has 136 valence electrons. The number of aromatic amines is 1. The van der Waals surface area contributed by atoms with Crippen LogP contribution < -0.4 is 15.6 Å². The van der Waals surface area contributed by atoms with Gasteiger partial charge in [0.15, 0.2) is 0 Å². The molecule has 3 N–H and O–H groups in total. The van der Waals surface area contributed by atoms with Gasteiger partial charge in [-0.3, -0.25) is 4.79 Å². The minimum absolute atomic E-state index is 0.125. The molecule has 2 atom stereocenters. The van der Waals surface area contributed by atoms with E-state index in [2.05, 4.69) is 29.4 Å². The highest BCUT2D eigenvalue weighted by molar-refractivity contribution is 5.79. The van der Waals surface area contributed by atoms with Crippen LogP contribution in [0.15, 0.2) is 59.4 Å². The van der Waals surface area contributed by atoms with Crippen LogP contribution in [-0.2, 0) is 6.42 Å². The van der Waals surface area contributed by atoms with Gasteiger partial charge in [-0.1, -0.05) is 18.2 Å². The Kier molecular flexibility index (Phi) is 5.71. The maximum absolute atomic E-state index is 11.3. The summed E-state index contributed by atoms with van der Waals surface area (Å²) in [7, 11) is 1.66. The van der Waals surface area contributed by atoms with Crippen LogP contribution in [0.1, 0.15) is 24.2 Å². The van der Waals surface area contributed by atoms with Crippen LogP contribution in [0.2, 0.25) is 0 Å². The molecule has 1 heterocycles. The lowest BCUT2D eigenvalue weighted by Gasteiger charge is -2.18. The summed E-state index contributed by atoms with van der Waals surface area (Å²) in [6, 6.07) is 17.1. The molecular weight excluding hydrogens is 328 g/mol. The molecule has 0 aliphatic heterocycles. The molecule has 0 aliphatic rings. The first kappa shape index (κ1) is 18.2. The monoisotopic (exact) mass is 352 g/mol. The van der Waals surface area contributed by atoms with Gasteiger partial charge in [-0.05, 0) is 60.2 Å². The second-order valence-electron chi connectivity index (χ2n) is 6.55. The first-order chi connectivity index (χ1) is 12.5. The van der Waals surface area contributed by atoms with E-state index in [-0.39, 0.29) is 11.6 Å². The fourth-order valence-corrected chi connectivity index (χ4v) is 3.00. The number of nitrogens with one attached hydrogen (secondary N) is 2. The Morgan fingerprint density at radius 3 is 2.62 bits per heavy atom. The Hall–Kier alpha value is -2.63. The Balaban J connectivity index is 1.57. The number of fused-ring (bicyclic) bond motifs is 1. The van der Waals surface area contributed by atoms with Crippen LogP contribution in [0.3, 0.4) is 0 Å². The molecular formula is C21H24N2O3. The van der Waals surface area contributed by atoms with Crippen molar-refractivity contribution in [3.8, 4) is 5.75 Å². The SMILES string of the molecule is COc1ccc(CC(C)NCC(O)c2ccc3[nH]c(=O)ccc3c2)cc1. The van der Waals surface area contributed by atoms with Crippen molar-refractivity contribution in [3.63, 3.8) is 0 Å². The van der Waals surface area contributed by atoms with Gasteiger partial charge in [-0.25, -0.2) is 0 Å². The minimum Gasteiger partial charge on any atom is -0.497 e. The molecule has 5 nitrogen and oxygen atoms in total. The van der Waals surface area contributed by atoms with Gasteiger partial charge in [0.2, 0.25) is 5.56 Å². The van der Waals surface area contributed by atoms with Gasteiger partial charge in [0.25, 0.3) is 0 Å². The highest BCUT2D eigenvalue weighted by Gasteiger charge is 2.11. The van der Waals surface area contributed by atoms with Crippen LogP contribution in [0.5, 0.6) is 5.75 Å². The van der Waals surface area contributed by atoms with E-state index in [1.807, 2.05) is 30.3 Å². The maximum atomic E-state index is 11.3. The van der Waals surface area contributed by atoms with E-state index in [1.54, 1.807) is 13.2 Å². The summed E-state index contributed by atoms with van der Waals surface area (Å²) in [5, 5.41) is 14.8. The zero-order valence-corrected chi connectivity index (χ0v) is 15.0. The van der Waals surface area contributed by atoms with Crippen LogP contribution in [0.4, 0.5) is 0 Å². The average molecular weight is 352 g/mol. The Labute approximate surface area is 152 Å². The summed E-state index contributed by atoms with van der Waals surface area (Å²) in [4.78, 5) is 14.1. The van der Waals surface area contributed by atoms with Gasteiger partial charge in [0.05, 0.1) is 13.2 Å². The molecule has 0 saturated heterocycles. The summed E-state index contributed by atoms with van der Waals surface area (Å²) in [6.45, 7) is 2.56. The number of rotatable bonds is 7.